The van der Waals surface area contributed by atoms with Gasteiger partial charge in [-0.3, -0.25) is 9.59 Å². The van der Waals surface area contributed by atoms with Crippen LogP contribution >= 0.6 is 0 Å². The Labute approximate surface area is 162 Å². The average molecular weight is 369 g/mol. The SMILES string of the molecule is CC(C)c1ccc(NC(=O)C(=O)NC(C)C23CC4CC(CC(C4)C2)C3)cc1. The molecule has 2 amide bonds. The van der Waals surface area contributed by atoms with Gasteiger partial charge in [-0.05, 0) is 92.2 Å². The minimum absolute atomic E-state index is 0.0625. The number of hydrogen-bond donors (Lipinski definition) is 2. The van der Waals surface area contributed by atoms with Gasteiger partial charge < -0.3 is 10.6 Å². The van der Waals surface area contributed by atoms with Gasteiger partial charge in [0.2, 0.25) is 0 Å². The number of anilines is 1. The van der Waals surface area contributed by atoms with E-state index in [4.69, 9.17) is 0 Å². The summed E-state index contributed by atoms with van der Waals surface area (Å²) in [5.74, 6) is 1.88. The molecule has 0 aliphatic heterocycles. The second kappa shape index (κ2) is 6.96. The smallest absolute Gasteiger partial charge is 0.313 e. The molecule has 4 nitrogen and oxygen atoms in total. The first-order chi connectivity index (χ1) is 12.8. The van der Waals surface area contributed by atoms with Crippen LogP contribution in [0.25, 0.3) is 0 Å². The van der Waals surface area contributed by atoms with Crippen LogP contribution in [0.1, 0.15) is 70.8 Å². The van der Waals surface area contributed by atoms with Gasteiger partial charge >= 0.3 is 11.8 Å². The molecule has 1 aromatic rings. The second-order valence-electron chi connectivity index (χ2n) is 9.71. The van der Waals surface area contributed by atoms with Crippen LogP contribution in [0.5, 0.6) is 0 Å². The van der Waals surface area contributed by atoms with Crippen LogP contribution in [0.15, 0.2) is 24.3 Å². The molecule has 4 aliphatic carbocycles. The van der Waals surface area contributed by atoms with Gasteiger partial charge in [-0.2, -0.15) is 0 Å². The highest BCUT2D eigenvalue weighted by molar-refractivity contribution is 6.39. The third-order valence-corrected chi connectivity index (χ3v) is 7.39. The van der Waals surface area contributed by atoms with E-state index >= 15 is 0 Å². The molecule has 4 bridgehead atoms. The predicted molar refractivity (Wildman–Crippen MR) is 107 cm³/mol. The highest BCUT2D eigenvalue weighted by atomic mass is 16.2. The van der Waals surface area contributed by atoms with E-state index in [-0.39, 0.29) is 11.5 Å². The predicted octanol–water partition coefficient (Wildman–Crippen LogP) is 4.47. The van der Waals surface area contributed by atoms with Crippen molar-refractivity contribution >= 4 is 17.5 Å². The zero-order valence-electron chi connectivity index (χ0n) is 16.8. The van der Waals surface area contributed by atoms with Crippen LogP contribution in [0.2, 0.25) is 0 Å². The van der Waals surface area contributed by atoms with E-state index in [2.05, 4.69) is 31.4 Å². The molecule has 5 rings (SSSR count). The fourth-order valence-corrected chi connectivity index (χ4v) is 6.26. The number of amides is 2. The largest absolute Gasteiger partial charge is 0.345 e. The van der Waals surface area contributed by atoms with E-state index < -0.39 is 11.8 Å². The Hall–Kier alpha value is -1.84. The highest BCUT2D eigenvalue weighted by Crippen LogP contribution is 2.61. The number of carbonyl (C=O) groups is 2. The lowest BCUT2D eigenvalue weighted by molar-refractivity contribution is -0.138. The summed E-state index contributed by atoms with van der Waals surface area (Å²) in [4.78, 5) is 24.9. The first-order valence-corrected chi connectivity index (χ1v) is 10.6. The molecule has 0 saturated heterocycles. The van der Waals surface area contributed by atoms with E-state index in [1.54, 1.807) is 0 Å². The summed E-state index contributed by atoms with van der Waals surface area (Å²) in [7, 11) is 0. The molecular formula is C23H32N2O2. The Morgan fingerprint density at radius 3 is 1.89 bits per heavy atom. The fraction of sp³-hybridized carbons (Fsp3) is 0.652. The number of hydrogen-bond acceptors (Lipinski definition) is 2. The minimum Gasteiger partial charge on any atom is -0.345 e. The van der Waals surface area contributed by atoms with Gasteiger partial charge in [0.15, 0.2) is 0 Å². The standard InChI is InChI=1S/C23H32N2O2/c1-14(2)19-4-6-20(7-5-19)25-22(27)21(26)24-15(3)23-11-16-8-17(12-23)10-18(9-16)13-23/h4-7,14-18H,8-13H2,1-3H3,(H,24,26)(H,25,27). The molecular weight excluding hydrogens is 336 g/mol. The van der Waals surface area contributed by atoms with Gasteiger partial charge in [-0.25, -0.2) is 0 Å². The molecule has 4 aliphatic rings. The maximum absolute atomic E-state index is 12.5. The summed E-state index contributed by atoms with van der Waals surface area (Å²) < 4.78 is 0. The van der Waals surface area contributed by atoms with Crippen LogP contribution in [-0.4, -0.2) is 17.9 Å². The molecule has 0 spiro atoms. The van der Waals surface area contributed by atoms with E-state index in [9.17, 15) is 9.59 Å². The summed E-state index contributed by atoms with van der Waals surface area (Å²) in [6, 6.07) is 7.78. The number of carbonyl (C=O) groups excluding carboxylic acids is 2. The van der Waals surface area contributed by atoms with Crippen molar-refractivity contribution in [3.8, 4) is 0 Å². The van der Waals surface area contributed by atoms with Gasteiger partial charge in [0, 0.05) is 11.7 Å². The van der Waals surface area contributed by atoms with Crippen molar-refractivity contribution in [2.75, 3.05) is 5.32 Å². The number of benzene rings is 1. The molecule has 1 unspecified atom stereocenters. The molecule has 2 N–H and O–H groups in total. The van der Waals surface area contributed by atoms with Crippen molar-refractivity contribution in [1.29, 1.82) is 0 Å². The molecule has 146 valence electrons. The maximum atomic E-state index is 12.5. The molecule has 4 saturated carbocycles. The summed E-state index contributed by atoms with van der Waals surface area (Å²) >= 11 is 0. The molecule has 0 aromatic heterocycles. The first kappa shape index (κ1) is 18.5. The summed E-state index contributed by atoms with van der Waals surface area (Å²) in [5.41, 5.74) is 2.10. The van der Waals surface area contributed by atoms with Gasteiger partial charge in [-0.15, -0.1) is 0 Å². The van der Waals surface area contributed by atoms with Gasteiger partial charge in [0.05, 0.1) is 0 Å². The Kier molecular flexibility index (Phi) is 4.77. The first-order valence-electron chi connectivity index (χ1n) is 10.6. The third-order valence-electron chi connectivity index (χ3n) is 7.39. The molecule has 27 heavy (non-hydrogen) atoms. The third kappa shape index (κ3) is 3.63. The topological polar surface area (TPSA) is 58.2 Å². The molecule has 4 heteroatoms. The maximum Gasteiger partial charge on any atom is 0.313 e. The average Bonchev–Trinajstić information content (AvgIpc) is 2.60. The quantitative estimate of drug-likeness (QED) is 0.771. The van der Waals surface area contributed by atoms with Crippen LogP contribution < -0.4 is 10.6 Å². The van der Waals surface area contributed by atoms with Crippen molar-refractivity contribution in [1.82, 2.24) is 5.32 Å². The van der Waals surface area contributed by atoms with E-state index in [0.717, 1.165) is 17.8 Å². The van der Waals surface area contributed by atoms with Crippen molar-refractivity contribution in [2.45, 2.75) is 71.3 Å². The van der Waals surface area contributed by atoms with Crippen molar-refractivity contribution in [3.63, 3.8) is 0 Å². The normalized spacial score (nSPS) is 32.4. The molecule has 1 atom stereocenters. The Morgan fingerprint density at radius 1 is 0.889 bits per heavy atom. The zero-order chi connectivity index (χ0) is 19.2. The molecule has 0 radical (unpaired) electrons. The van der Waals surface area contributed by atoms with Crippen LogP contribution in [0, 0.1) is 23.2 Å². The zero-order valence-corrected chi connectivity index (χ0v) is 16.8. The Morgan fingerprint density at radius 2 is 1.41 bits per heavy atom. The summed E-state index contributed by atoms with van der Waals surface area (Å²) in [6.07, 6.45) is 7.81. The molecule has 0 heterocycles. The van der Waals surface area contributed by atoms with E-state index in [1.807, 2.05) is 24.3 Å². The van der Waals surface area contributed by atoms with Crippen LogP contribution in [-0.2, 0) is 9.59 Å². The lowest BCUT2D eigenvalue weighted by Gasteiger charge is -2.59. The lowest BCUT2D eigenvalue weighted by atomic mass is 9.48. The van der Waals surface area contributed by atoms with E-state index in [0.29, 0.717) is 11.6 Å². The number of rotatable bonds is 4. The minimum atomic E-state index is -0.566. The summed E-state index contributed by atoms with van der Waals surface area (Å²) in [6.45, 7) is 6.37. The lowest BCUT2D eigenvalue weighted by Crippen LogP contribution is -2.57. The number of nitrogens with one attached hydrogen (secondary N) is 2. The van der Waals surface area contributed by atoms with Crippen LogP contribution in [0.4, 0.5) is 5.69 Å². The Bertz CT molecular complexity index is 687. The van der Waals surface area contributed by atoms with Crippen molar-refractivity contribution in [2.24, 2.45) is 23.2 Å². The highest BCUT2D eigenvalue weighted by Gasteiger charge is 2.53. The van der Waals surface area contributed by atoms with Gasteiger partial charge in [-0.1, -0.05) is 26.0 Å². The fourth-order valence-electron chi connectivity index (χ4n) is 6.26. The summed E-state index contributed by atoms with van der Waals surface area (Å²) in [5, 5.41) is 5.77. The van der Waals surface area contributed by atoms with Crippen LogP contribution in [0.3, 0.4) is 0 Å². The monoisotopic (exact) mass is 368 g/mol. The van der Waals surface area contributed by atoms with Gasteiger partial charge in [0.1, 0.15) is 0 Å². The molecule has 4 fully saturated rings. The van der Waals surface area contributed by atoms with Crippen molar-refractivity contribution in [3.05, 3.63) is 29.8 Å². The Balaban J connectivity index is 1.36. The second-order valence-corrected chi connectivity index (χ2v) is 9.71. The molecule has 1 aromatic carbocycles. The van der Waals surface area contributed by atoms with E-state index in [1.165, 1.54) is 44.1 Å². The van der Waals surface area contributed by atoms with Crippen molar-refractivity contribution < 1.29 is 9.59 Å². The van der Waals surface area contributed by atoms with Gasteiger partial charge in [0.25, 0.3) is 0 Å².